The smallest absolute Gasteiger partial charge is 0.137 e. The van der Waals surface area contributed by atoms with Crippen molar-refractivity contribution in [3.8, 4) is 0 Å². The van der Waals surface area contributed by atoms with Gasteiger partial charge < -0.3 is 10.6 Å². The molecule has 0 saturated carbocycles. The molecule has 2 aliphatic rings. The van der Waals surface area contributed by atoms with Crippen LogP contribution in [0, 0.1) is 0 Å². The summed E-state index contributed by atoms with van der Waals surface area (Å²) in [4.78, 5) is 13.9. The Hall–Kier alpha value is -1.36. The van der Waals surface area contributed by atoms with Gasteiger partial charge in [0.1, 0.15) is 18.0 Å². The van der Waals surface area contributed by atoms with Crippen LogP contribution in [0.25, 0.3) is 0 Å². The molecule has 0 bridgehead atoms. The van der Waals surface area contributed by atoms with Crippen molar-refractivity contribution in [1.29, 1.82) is 0 Å². The lowest BCUT2D eigenvalue weighted by Gasteiger charge is -2.48. The third-order valence-electron chi connectivity index (χ3n) is 4.93. The minimum absolute atomic E-state index is 0.345. The van der Waals surface area contributed by atoms with E-state index >= 15 is 0 Å². The lowest BCUT2D eigenvalue weighted by Crippen LogP contribution is -2.59. The van der Waals surface area contributed by atoms with E-state index in [9.17, 15) is 0 Å². The van der Waals surface area contributed by atoms with Gasteiger partial charge in [-0.1, -0.05) is 20.3 Å². The van der Waals surface area contributed by atoms with Crippen LogP contribution >= 0.6 is 0 Å². The van der Waals surface area contributed by atoms with E-state index in [0.717, 1.165) is 24.5 Å². The first kappa shape index (κ1) is 14.6. The zero-order valence-electron chi connectivity index (χ0n) is 13.4. The number of piperidine rings is 1. The van der Waals surface area contributed by atoms with Gasteiger partial charge in [-0.25, -0.2) is 9.97 Å². The van der Waals surface area contributed by atoms with Crippen molar-refractivity contribution < 1.29 is 0 Å². The molecule has 0 amide bonds. The predicted octanol–water partition coefficient (Wildman–Crippen LogP) is 2.25. The standard InChI is InChI=1S/C16H27N5/c1-11(2)14-15(17)18-10-19-16(14)21-9-13-6-4-5-7-20(13)8-12(21)3/h10-13H,4-9H2,1-3H3,(H2,17,18,19). The Bertz CT molecular complexity index is 501. The topological polar surface area (TPSA) is 58.3 Å². The number of hydrogen-bond donors (Lipinski definition) is 1. The highest BCUT2D eigenvalue weighted by atomic mass is 15.3. The van der Waals surface area contributed by atoms with Crippen molar-refractivity contribution in [2.24, 2.45) is 0 Å². The van der Waals surface area contributed by atoms with Crippen LogP contribution in [0.2, 0.25) is 0 Å². The van der Waals surface area contributed by atoms with Crippen molar-refractivity contribution in [2.45, 2.75) is 58.0 Å². The minimum atomic E-state index is 0.345. The zero-order chi connectivity index (χ0) is 15.0. The Morgan fingerprint density at radius 2 is 2.05 bits per heavy atom. The summed E-state index contributed by atoms with van der Waals surface area (Å²) in [6.45, 7) is 10.1. The molecule has 2 aliphatic heterocycles. The van der Waals surface area contributed by atoms with Crippen molar-refractivity contribution in [3.05, 3.63) is 11.9 Å². The van der Waals surface area contributed by atoms with Gasteiger partial charge in [-0.3, -0.25) is 4.90 Å². The molecule has 116 valence electrons. The van der Waals surface area contributed by atoms with Crippen LogP contribution in [0.3, 0.4) is 0 Å². The van der Waals surface area contributed by atoms with Gasteiger partial charge in [-0.15, -0.1) is 0 Å². The molecular weight excluding hydrogens is 262 g/mol. The molecule has 1 aromatic rings. The van der Waals surface area contributed by atoms with E-state index in [1.165, 1.54) is 25.8 Å². The fourth-order valence-electron chi connectivity index (χ4n) is 3.83. The van der Waals surface area contributed by atoms with E-state index in [1.807, 2.05) is 0 Å². The lowest BCUT2D eigenvalue weighted by molar-refractivity contribution is 0.115. The Labute approximate surface area is 127 Å². The van der Waals surface area contributed by atoms with Crippen LogP contribution in [0.4, 0.5) is 11.6 Å². The quantitative estimate of drug-likeness (QED) is 0.905. The van der Waals surface area contributed by atoms with E-state index in [2.05, 4.69) is 40.5 Å². The van der Waals surface area contributed by atoms with E-state index in [4.69, 9.17) is 5.73 Å². The minimum Gasteiger partial charge on any atom is -0.383 e. The average molecular weight is 289 g/mol. The van der Waals surface area contributed by atoms with Gasteiger partial charge in [-0.05, 0) is 32.2 Å². The molecule has 2 fully saturated rings. The summed E-state index contributed by atoms with van der Waals surface area (Å²) < 4.78 is 0. The second-order valence-electron chi connectivity index (χ2n) is 6.80. The Morgan fingerprint density at radius 1 is 1.24 bits per heavy atom. The van der Waals surface area contributed by atoms with Crippen LogP contribution < -0.4 is 10.6 Å². The Morgan fingerprint density at radius 3 is 2.81 bits per heavy atom. The number of nitrogens with zero attached hydrogens (tertiary/aromatic N) is 4. The van der Waals surface area contributed by atoms with Gasteiger partial charge in [0.25, 0.3) is 0 Å². The molecule has 2 N–H and O–H groups in total. The summed E-state index contributed by atoms with van der Waals surface area (Å²) in [7, 11) is 0. The van der Waals surface area contributed by atoms with Crippen molar-refractivity contribution in [3.63, 3.8) is 0 Å². The fraction of sp³-hybridized carbons (Fsp3) is 0.750. The molecule has 2 unspecified atom stereocenters. The van der Waals surface area contributed by atoms with Crippen LogP contribution in [-0.2, 0) is 0 Å². The molecule has 2 saturated heterocycles. The summed E-state index contributed by atoms with van der Waals surface area (Å²) >= 11 is 0. The predicted molar refractivity (Wildman–Crippen MR) is 86.6 cm³/mol. The highest BCUT2D eigenvalue weighted by Crippen LogP contribution is 2.33. The number of rotatable bonds is 2. The summed E-state index contributed by atoms with van der Waals surface area (Å²) in [6, 6.07) is 1.15. The number of nitrogens with two attached hydrogens (primary N) is 1. The number of nitrogen functional groups attached to an aromatic ring is 1. The second kappa shape index (κ2) is 5.79. The lowest BCUT2D eigenvalue weighted by atomic mass is 9.96. The third kappa shape index (κ3) is 2.71. The van der Waals surface area contributed by atoms with Crippen LogP contribution in [0.15, 0.2) is 6.33 Å². The molecule has 1 aromatic heterocycles. The van der Waals surface area contributed by atoms with Gasteiger partial charge >= 0.3 is 0 Å². The normalized spacial score (nSPS) is 27.0. The number of fused-ring (bicyclic) bond motifs is 1. The molecule has 21 heavy (non-hydrogen) atoms. The van der Waals surface area contributed by atoms with Gasteiger partial charge in [0.15, 0.2) is 0 Å². The molecule has 5 nitrogen and oxygen atoms in total. The molecule has 0 radical (unpaired) electrons. The van der Waals surface area contributed by atoms with E-state index < -0.39 is 0 Å². The van der Waals surface area contributed by atoms with E-state index in [-0.39, 0.29) is 0 Å². The first-order valence-corrected chi connectivity index (χ1v) is 8.19. The summed E-state index contributed by atoms with van der Waals surface area (Å²) in [5, 5.41) is 0. The first-order chi connectivity index (χ1) is 10.1. The van der Waals surface area contributed by atoms with E-state index in [1.54, 1.807) is 6.33 Å². The maximum Gasteiger partial charge on any atom is 0.137 e. The molecule has 5 heteroatoms. The van der Waals surface area contributed by atoms with Crippen molar-refractivity contribution in [2.75, 3.05) is 30.3 Å². The van der Waals surface area contributed by atoms with Crippen molar-refractivity contribution >= 4 is 11.6 Å². The molecule has 2 atom stereocenters. The average Bonchev–Trinajstić information content (AvgIpc) is 2.45. The largest absolute Gasteiger partial charge is 0.383 e. The molecule has 0 spiro atoms. The van der Waals surface area contributed by atoms with Crippen LogP contribution in [-0.4, -0.2) is 46.6 Å². The number of anilines is 2. The number of piperazine rings is 1. The zero-order valence-corrected chi connectivity index (χ0v) is 13.4. The first-order valence-electron chi connectivity index (χ1n) is 8.19. The number of hydrogen-bond acceptors (Lipinski definition) is 5. The SMILES string of the molecule is CC(C)c1c(N)ncnc1N1CC2CCCCN2CC1C. The molecule has 3 heterocycles. The van der Waals surface area contributed by atoms with Gasteiger partial charge in [0.2, 0.25) is 0 Å². The Balaban J connectivity index is 1.91. The van der Waals surface area contributed by atoms with Gasteiger partial charge in [-0.2, -0.15) is 0 Å². The van der Waals surface area contributed by atoms with E-state index in [0.29, 0.717) is 23.8 Å². The summed E-state index contributed by atoms with van der Waals surface area (Å²) in [5.41, 5.74) is 7.22. The summed E-state index contributed by atoms with van der Waals surface area (Å²) in [6.07, 6.45) is 5.62. The summed E-state index contributed by atoms with van der Waals surface area (Å²) in [5.74, 6) is 2.03. The fourth-order valence-corrected chi connectivity index (χ4v) is 3.83. The second-order valence-corrected chi connectivity index (χ2v) is 6.80. The van der Waals surface area contributed by atoms with Crippen LogP contribution in [0.5, 0.6) is 0 Å². The maximum atomic E-state index is 6.12. The third-order valence-corrected chi connectivity index (χ3v) is 4.93. The van der Waals surface area contributed by atoms with Crippen molar-refractivity contribution in [1.82, 2.24) is 14.9 Å². The number of aromatic nitrogens is 2. The molecule has 0 aliphatic carbocycles. The van der Waals surface area contributed by atoms with Gasteiger partial charge in [0.05, 0.1) is 0 Å². The molecule has 3 rings (SSSR count). The molecular formula is C16H27N5. The molecule has 0 aromatic carbocycles. The maximum absolute atomic E-state index is 6.12. The van der Waals surface area contributed by atoms with Gasteiger partial charge in [0, 0.05) is 30.7 Å². The Kier molecular flexibility index (Phi) is 4.02. The highest BCUT2D eigenvalue weighted by Gasteiger charge is 2.34. The monoisotopic (exact) mass is 289 g/mol. The highest BCUT2D eigenvalue weighted by molar-refractivity contribution is 5.59. The van der Waals surface area contributed by atoms with Crippen LogP contribution in [0.1, 0.15) is 51.5 Å².